The van der Waals surface area contributed by atoms with E-state index in [1.807, 2.05) is 0 Å². The van der Waals surface area contributed by atoms with E-state index >= 15 is 0 Å². The fourth-order valence-corrected chi connectivity index (χ4v) is 4.77. The number of nitrogens with zero attached hydrogens (tertiary/aromatic N) is 1. The van der Waals surface area contributed by atoms with Gasteiger partial charge in [-0.2, -0.15) is 13.2 Å². The Morgan fingerprint density at radius 1 is 1.08 bits per heavy atom. The molecule has 3 atom stereocenters. The standard InChI is InChI=1S/C23H23F3N2O8S/c1-3-17(31)35-11-36-22(33)19-14(9-34-12(2)29)10-37-21-18(20(32)28(19)21)27-16(30)8-13-4-6-15(7-5-13)23(24,25)26/h4-7,10,18-19,21H,3,8-9,11H2,1-2H3,(H,27,30)/t18?,19?,21-/m1/s1. The lowest BCUT2D eigenvalue weighted by atomic mass is 9.98. The van der Waals surface area contributed by atoms with Crippen molar-refractivity contribution in [3.8, 4) is 0 Å². The summed E-state index contributed by atoms with van der Waals surface area (Å²) in [6, 6.07) is 1.79. The summed E-state index contributed by atoms with van der Waals surface area (Å²) in [6.07, 6.45) is -4.70. The molecule has 2 unspecified atom stereocenters. The minimum atomic E-state index is -4.50. The van der Waals surface area contributed by atoms with Gasteiger partial charge in [0.2, 0.25) is 18.6 Å². The summed E-state index contributed by atoms with van der Waals surface area (Å²) in [5.74, 6) is -3.34. The molecule has 37 heavy (non-hydrogen) atoms. The zero-order chi connectivity index (χ0) is 27.3. The first-order valence-corrected chi connectivity index (χ1v) is 11.9. The monoisotopic (exact) mass is 544 g/mol. The van der Waals surface area contributed by atoms with Crippen LogP contribution in [0.5, 0.6) is 0 Å². The Morgan fingerprint density at radius 3 is 2.35 bits per heavy atom. The lowest BCUT2D eigenvalue weighted by molar-refractivity contribution is -0.175. The summed E-state index contributed by atoms with van der Waals surface area (Å²) in [5, 5.41) is 3.37. The molecule has 1 saturated heterocycles. The van der Waals surface area contributed by atoms with Crippen LogP contribution in [-0.4, -0.2) is 65.5 Å². The van der Waals surface area contributed by atoms with Gasteiger partial charge < -0.3 is 24.4 Å². The Kier molecular flexibility index (Phi) is 8.84. The number of esters is 3. The molecule has 0 radical (unpaired) electrons. The first kappa shape index (κ1) is 28.0. The number of β-lactam (4-membered cyclic amide) rings is 1. The van der Waals surface area contributed by atoms with Gasteiger partial charge in [0.25, 0.3) is 0 Å². The zero-order valence-corrected chi connectivity index (χ0v) is 20.5. The number of alkyl halides is 3. The quantitative estimate of drug-likeness (QED) is 0.282. The summed E-state index contributed by atoms with van der Waals surface area (Å²) in [6.45, 7) is 1.76. The Morgan fingerprint density at radius 2 is 1.76 bits per heavy atom. The average Bonchev–Trinajstić information content (AvgIpc) is 2.84. The third kappa shape index (κ3) is 6.81. The summed E-state index contributed by atoms with van der Waals surface area (Å²) < 4.78 is 52.9. The predicted octanol–water partition coefficient (Wildman–Crippen LogP) is 1.92. The van der Waals surface area contributed by atoms with Gasteiger partial charge in [0.1, 0.15) is 18.0 Å². The number of thioether (sulfide) groups is 1. The number of amides is 2. The number of halogens is 3. The van der Waals surface area contributed by atoms with Crippen molar-refractivity contribution < 1.29 is 51.4 Å². The maximum Gasteiger partial charge on any atom is 0.416 e. The fraction of sp³-hybridized carbons (Fsp3) is 0.435. The third-order valence-corrected chi connectivity index (χ3v) is 6.62. The average molecular weight is 545 g/mol. The summed E-state index contributed by atoms with van der Waals surface area (Å²) in [5.41, 5.74) is -0.276. The lowest BCUT2D eigenvalue weighted by Gasteiger charge is -2.51. The first-order chi connectivity index (χ1) is 17.4. The lowest BCUT2D eigenvalue weighted by Crippen LogP contribution is -2.74. The van der Waals surface area contributed by atoms with Gasteiger partial charge in [0.15, 0.2) is 6.04 Å². The topological polar surface area (TPSA) is 128 Å². The van der Waals surface area contributed by atoms with E-state index in [0.29, 0.717) is 5.56 Å². The number of ether oxygens (including phenoxy) is 3. The molecule has 3 rings (SSSR count). The normalized spacial score (nSPS) is 20.7. The molecule has 10 nitrogen and oxygen atoms in total. The second-order valence-electron chi connectivity index (χ2n) is 8.02. The van der Waals surface area contributed by atoms with Gasteiger partial charge in [-0.05, 0) is 23.1 Å². The van der Waals surface area contributed by atoms with E-state index in [2.05, 4.69) is 5.32 Å². The third-order valence-electron chi connectivity index (χ3n) is 5.41. The van der Waals surface area contributed by atoms with E-state index in [4.69, 9.17) is 14.2 Å². The molecule has 0 spiro atoms. The molecular formula is C23H23F3N2O8S. The van der Waals surface area contributed by atoms with Crippen molar-refractivity contribution in [1.82, 2.24) is 10.2 Å². The number of carbonyl (C=O) groups excluding carboxylic acids is 5. The molecule has 2 heterocycles. The van der Waals surface area contributed by atoms with Crippen molar-refractivity contribution in [2.75, 3.05) is 13.4 Å². The van der Waals surface area contributed by atoms with Crippen LogP contribution in [0.15, 0.2) is 35.2 Å². The van der Waals surface area contributed by atoms with E-state index in [-0.39, 0.29) is 25.0 Å². The number of hydrogen-bond acceptors (Lipinski definition) is 9. The van der Waals surface area contributed by atoms with Crippen LogP contribution >= 0.6 is 11.8 Å². The van der Waals surface area contributed by atoms with Crippen LogP contribution in [0.1, 0.15) is 31.4 Å². The number of rotatable bonds is 9. The van der Waals surface area contributed by atoms with Gasteiger partial charge in [-0.1, -0.05) is 19.1 Å². The summed E-state index contributed by atoms with van der Waals surface area (Å²) >= 11 is 1.11. The second kappa shape index (κ2) is 11.7. The Bertz CT molecular complexity index is 1110. The molecule has 1 fully saturated rings. The Hall–Kier alpha value is -3.55. The number of benzene rings is 1. The Balaban J connectivity index is 1.66. The molecule has 0 saturated carbocycles. The van der Waals surface area contributed by atoms with Crippen molar-refractivity contribution in [3.63, 3.8) is 0 Å². The molecule has 0 bridgehead atoms. The summed E-state index contributed by atoms with van der Waals surface area (Å²) in [7, 11) is 0. The second-order valence-corrected chi connectivity index (χ2v) is 9.01. The van der Waals surface area contributed by atoms with E-state index in [0.717, 1.165) is 28.8 Å². The molecule has 1 N–H and O–H groups in total. The number of nitrogens with one attached hydrogen (secondary N) is 1. The number of fused-ring (bicyclic) bond motifs is 1. The molecule has 2 aliphatic heterocycles. The number of carbonyl (C=O) groups is 5. The molecule has 14 heteroatoms. The van der Waals surface area contributed by atoms with Gasteiger partial charge in [-0.3, -0.25) is 19.2 Å². The highest BCUT2D eigenvalue weighted by molar-refractivity contribution is 8.02. The predicted molar refractivity (Wildman–Crippen MR) is 121 cm³/mol. The van der Waals surface area contributed by atoms with E-state index in [1.165, 1.54) is 24.5 Å². The van der Waals surface area contributed by atoms with Gasteiger partial charge in [-0.15, -0.1) is 11.8 Å². The fourth-order valence-electron chi connectivity index (χ4n) is 3.56. The van der Waals surface area contributed by atoms with Gasteiger partial charge in [-0.25, -0.2) is 4.79 Å². The zero-order valence-electron chi connectivity index (χ0n) is 19.7. The smallest absolute Gasteiger partial charge is 0.416 e. The molecule has 1 aromatic carbocycles. The van der Waals surface area contributed by atoms with Crippen molar-refractivity contribution in [2.45, 2.75) is 50.3 Å². The highest BCUT2D eigenvalue weighted by Gasteiger charge is 2.56. The number of hydrogen-bond donors (Lipinski definition) is 1. The minimum Gasteiger partial charge on any atom is -0.461 e. The molecule has 200 valence electrons. The van der Waals surface area contributed by atoms with Crippen LogP contribution in [0.25, 0.3) is 0 Å². The van der Waals surface area contributed by atoms with Crippen LogP contribution in [0.2, 0.25) is 0 Å². The van der Waals surface area contributed by atoms with Crippen molar-refractivity contribution in [1.29, 1.82) is 0 Å². The van der Waals surface area contributed by atoms with Crippen LogP contribution in [0, 0.1) is 0 Å². The molecule has 0 aliphatic carbocycles. The van der Waals surface area contributed by atoms with Gasteiger partial charge in [0, 0.05) is 18.9 Å². The van der Waals surface area contributed by atoms with Gasteiger partial charge >= 0.3 is 24.1 Å². The van der Waals surface area contributed by atoms with Crippen LogP contribution in [0.4, 0.5) is 13.2 Å². The van der Waals surface area contributed by atoms with E-state index in [1.54, 1.807) is 6.92 Å². The van der Waals surface area contributed by atoms with Gasteiger partial charge in [0.05, 0.1) is 12.0 Å². The van der Waals surface area contributed by atoms with Crippen LogP contribution in [-0.2, 0) is 50.8 Å². The highest BCUT2D eigenvalue weighted by Crippen LogP contribution is 2.40. The van der Waals surface area contributed by atoms with Crippen molar-refractivity contribution >= 4 is 41.5 Å². The SMILES string of the molecule is CCC(=O)OCOC(=O)C1C(COC(C)=O)=CS[C@@H]2C(NC(=O)Cc3ccc(C(F)(F)F)cc3)C(=O)N12. The van der Waals surface area contributed by atoms with E-state index in [9.17, 15) is 37.1 Å². The van der Waals surface area contributed by atoms with Crippen molar-refractivity contribution in [3.05, 3.63) is 46.4 Å². The van der Waals surface area contributed by atoms with Crippen LogP contribution in [0.3, 0.4) is 0 Å². The minimum absolute atomic E-state index is 0.0652. The largest absolute Gasteiger partial charge is 0.461 e. The molecule has 1 aromatic rings. The molecule has 0 aromatic heterocycles. The molecule has 2 aliphatic rings. The highest BCUT2D eigenvalue weighted by atomic mass is 32.2. The molecule has 2 amide bonds. The van der Waals surface area contributed by atoms with Crippen LogP contribution < -0.4 is 5.32 Å². The Labute approximate surface area is 213 Å². The van der Waals surface area contributed by atoms with Crippen molar-refractivity contribution in [2.24, 2.45) is 0 Å². The summed E-state index contributed by atoms with van der Waals surface area (Å²) in [4.78, 5) is 61.8. The molecular weight excluding hydrogens is 521 g/mol. The maximum absolute atomic E-state index is 12.9. The maximum atomic E-state index is 12.9. The van der Waals surface area contributed by atoms with E-state index < -0.39 is 65.7 Å². The first-order valence-electron chi connectivity index (χ1n) is 11.0.